The van der Waals surface area contributed by atoms with E-state index in [-0.39, 0.29) is 12.5 Å². The van der Waals surface area contributed by atoms with Crippen LogP contribution < -0.4 is 20.1 Å². The highest BCUT2D eigenvalue weighted by atomic mass is 35.5. The number of halogens is 1. The molecule has 10 heteroatoms. The van der Waals surface area contributed by atoms with Gasteiger partial charge in [-0.1, -0.05) is 28.9 Å². The van der Waals surface area contributed by atoms with Crippen molar-refractivity contribution in [2.45, 2.75) is 13.1 Å². The molecule has 174 valence electrons. The van der Waals surface area contributed by atoms with Gasteiger partial charge in [-0.25, -0.2) is 9.67 Å². The third kappa shape index (κ3) is 5.62. The summed E-state index contributed by atoms with van der Waals surface area (Å²) in [6.45, 7) is 0.771. The first-order valence-corrected chi connectivity index (χ1v) is 10.8. The van der Waals surface area contributed by atoms with Crippen LogP contribution >= 0.6 is 11.6 Å². The van der Waals surface area contributed by atoms with E-state index < -0.39 is 0 Å². The van der Waals surface area contributed by atoms with Crippen molar-refractivity contribution in [3.63, 3.8) is 0 Å². The molecule has 0 unspecified atom stereocenters. The Labute approximate surface area is 201 Å². The van der Waals surface area contributed by atoms with E-state index in [2.05, 4.69) is 25.9 Å². The summed E-state index contributed by atoms with van der Waals surface area (Å²) in [5.41, 5.74) is 2.68. The normalized spacial score (nSPS) is 10.6. The Kier molecular flexibility index (Phi) is 7.24. The number of carbonyl (C=O) groups excluding carboxylic acids is 1. The van der Waals surface area contributed by atoms with E-state index >= 15 is 0 Å². The van der Waals surface area contributed by atoms with Crippen molar-refractivity contribution in [3.8, 4) is 11.5 Å². The largest absolute Gasteiger partial charge is 0.497 e. The minimum absolute atomic E-state index is 0.219. The zero-order chi connectivity index (χ0) is 23.9. The molecule has 2 heterocycles. The highest BCUT2D eigenvalue weighted by Gasteiger charge is 2.15. The van der Waals surface area contributed by atoms with Crippen LogP contribution in [0.3, 0.4) is 0 Å². The SMILES string of the molecule is COc1ccc(OC)c(Nc2ncccc2C(=O)NCc2cn(Cc3ccc(Cl)cc3)nn2)c1. The summed E-state index contributed by atoms with van der Waals surface area (Å²) in [6, 6.07) is 16.2. The van der Waals surface area contributed by atoms with E-state index in [1.165, 1.54) is 0 Å². The first-order chi connectivity index (χ1) is 16.6. The van der Waals surface area contributed by atoms with E-state index in [9.17, 15) is 4.79 Å². The second-order valence-electron chi connectivity index (χ2n) is 7.31. The predicted octanol–water partition coefficient (Wildman–Crippen LogP) is 4.07. The predicted molar refractivity (Wildman–Crippen MR) is 129 cm³/mol. The highest BCUT2D eigenvalue weighted by molar-refractivity contribution is 6.30. The summed E-state index contributed by atoms with van der Waals surface area (Å²) < 4.78 is 12.4. The number of amides is 1. The van der Waals surface area contributed by atoms with Crippen molar-refractivity contribution in [1.29, 1.82) is 0 Å². The van der Waals surface area contributed by atoms with Gasteiger partial charge in [0.1, 0.15) is 23.0 Å². The minimum atomic E-state index is -0.301. The van der Waals surface area contributed by atoms with E-state index in [1.807, 2.05) is 24.3 Å². The Morgan fingerprint density at radius 3 is 2.68 bits per heavy atom. The summed E-state index contributed by atoms with van der Waals surface area (Å²) in [7, 11) is 3.15. The number of hydrogen-bond donors (Lipinski definition) is 2. The number of carbonyl (C=O) groups is 1. The van der Waals surface area contributed by atoms with Gasteiger partial charge in [0.15, 0.2) is 0 Å². The highest BCUT2D eigenvalue weighted by Crippen LogP contribution is 2.31. The van der Waals surface area contributed by atoms with Gasteiger partial charge in [0.2, 0.25) is 0 Å². The standard InChI is InChI=1S/C24H23ClN6O3/c1-33-19-9-10-22(34-2)21(12-19)28-23-20(4-3-11-26-23)24(32)27-13-18-15-31(30-29-18)14-16-5-7-17(25)8-6-16/h3-12,15H,13-14H2,1-2H3,(H,26,28)(H,27,32). The molecule has 0 fully saturated rings. The summed E-state index contributed by atoms with van der Waals surface area (Å²) >= 11 is 5.93. The number of methoxy groups -OCH3 is 2. The maximum atomic E-state index is 12.9. The lowest BCUT2D eigenvalue weighted by Gasteiger charge is -2.14. The van der Waals surface area contributed by atoms with E-state index in [1.54, 1.807) is 61.6 Å². The van der Waals surface area contributed by atoms with Gasteiger partial charge in [-0.3, -0.25) is 4.79 Å². The van der Waals surface area contributed by atoms with Crippen molar-refractivity contribution >= 4 is 29.0 Å². The molecule has 0 saturated carbocycles. The average molecular weight is 479 g/mol. The Morgan fingerprint density at radius 2 is 1.91 bits per heavy atom. The maximum absolute atomic E-state index is 12.9. The molecule has 4 aromatic rings. The fourth-order valence-corrected chi connectivity index (χ4v) is 3.39. The lowest BCUT2D eigenvalue weighted by Crippen LogP contribution is -2.24. The lowest BCUT2D eigenvalue weighted by atomic mass is 10.2. The number of pyridine rings is 1. The topological polar surface area (TPSA) is 103 Å². The quantitative estimate of drug-likeness (QED) is 0.374. The Bertz CT molecular complexity index is 1280. The van der Waals surface area contributed by atoms with E-state index in [0.717, 1.165) is 5.56 Å². The number of nitrogens with one attached hydrogen (secondary N) is 2. The fraction of sp³-hybridized carbons (Fsp3) is 0.167. The van der Waals surface area contributed by atoms with Crippen molar-refractivity contribution in [1.82, 2.24) is 25.3 Å². The summed E-state index contributed by atoms with van der Waals surface area (Å²) in [4.78, 5) is 17.3. The second kappa shape index (κ2) is 10.7. The van der Waals surface area contributed by atoms with Crippen LogP contribution in [-0.2, 0) is 13.1 Å². The molecule has 2 aromatic carbocycles. The number of anilines is 2. The minimum Gasteiger partial charge on any atom is -0.497 e. The van der Waals surface area contributed by atoms with Crippen LogP contribution in [0.5, 0.6) is 11.5 Å². The molecule has 0 saturated heterocycles. The van der Waals surface area contributed by atoms with Crippen LogP contribution in [0.4, 0.5) is 11.5 Å². The summed E-state index contributed by atoms with van der Waals surface area (Å²) in [5.74, 6) is 1.32. The summed E-state index contributed by atoms with van der Waals surface area (Å²) in [5, 5.41) is 15.0. The maximum Gasteiger partial charge on any atom is 0.255 e. The molecule has 0 aliphatic rings. The Hall–Kier alpha value is -4.11. The molecule has 0 bridgehead atoms. The van der Waals surface area contributed by atoms with Crippen LogP contribution in [0.25, 0.3) is 0 Å². The number of benzene rings is 2. The third-order valence-electron chi connectivity index (χ3n) is 4.99. The molecule has 34 heavy (non-hydrogen) atoms. The molecule has 4 rings (SSSR count). The van der Waals surface area contributed by atoms with Crippen LogP contribution in [0.2, 0.25) is 5.02 Å². The Balaban J connectivity index is 1.43. The van der Waals surface area contributed by atoms with Crippen molar-refractivity contribution < 1.29 is 14.3 Å². The lowest BCUT2D eigenvalue weighted by molar-refractivity contribution is 0.0951. The molecule has 2 N–H and O–H groups in total. The summed E-state index contributed by atoms with van der Waals surface area (Å²) in [6.07, 6.45) is 3.40. The van der Waals surface area contributed by atoms with Crippen molar-refractivity contribution in [2.24, 2.45) is 0 Å². The number of hydrogen-bond acceptors (Lipinski definition) is 7. The molecule has 0 aliphatic heterocycles. The molecular formula is C24H23ClN6O3. The van der Waals surface area contributed by atoms with Crippen LogP contribution in [0.1, 0.15) is 21.6 Å². The molecule has 0 atom stereocenters. The van der Waals surface area contributed by atoms with E-state index in [0.29, 0.717) is 45.8 Å². The van der Waals surface area contributed by atoms with Gasteiger partial charge in [0.25, 0.3) is 5.91 Å². The first-order valence-electron chi connectivity index (χ1n) is 10.4. The van der Waals surface area contributed by atoms with Gasteiger partial charge >= 0.3 is 0 Å². The molecule has 0 aliphatic carbocycles. The molecule has 1 amide bonds. The van der Waals surface area contributed by atoms with Gasteiger partial charge in [-0.15, -0.1) is 5.10 Å². The monoisotopic (exact) mass is 478 g/mol. The first kappa shape index (κ1) is 23.1. The number of nitrogens with zero attached hydrogens (tertiary/aromatic N) is 4. The molecule has 0 spiro atoms. The van der Waals surface area contributed by atoms with E-state index in [4.69, 9.17) is 21.1 Å². The second-order valence-corrected chi connectivity index (χ2v) is 7.74. The fourth-order valence-electron chi connectivity index (χ4n) is 3.27. The van der Waals surface area contributed by atoms with Crippen molar-refractivity contribution in [3.05, 3.63) is 88.8 Å². The molecule has 9 nitrogen and oxygen atoms in total. The molecular weight excluding hydrogens is 456 g/mol. The third-order valence-corrected chi connectivity index (χ3v) is 5.24. The van der Waals surface area contributed by atoms with Crippen molar-refractivity contribution in [2.75, 3.05) is 19.5 Å². The van der Waals surface area contributed by atoms with Crippen LogP contribution in [0.15, 0.2) is 67.0 Å². The number of ether oxygens (including phenoxy) is 2. The van der Waals surface area contributed by atoms with Gasteiger partial charge in [-0.05, 0) is 42.0 Å². The average Bonchev–Trinajstić information content (AvgIpc) is 3.31. The van der Waals surface area contributed by atoms with Gasteiger partial charge in [0, 0.05) is 17.3 Å². The van der Waals surface area contributed by atoms with Gasteiger partial charge in [-0.2, -0.15) is 0 Å². The number of rotatable bonds is 9. The van der Waals surface area contributed by atoms with Gasteiger partial charge < -0.3 is 20.1 Å². The Morgan fingerprint density at radius 1 is 1.09 bits per heavy atom. The number of aromatic nitrogens is 4. The van der Waals surface area contributed by atoms with Gasteiger partial charge in [0.05, 0.1) is 44.8 Å². The smallest absolute Gasteiger partial charge is 0.255 e. The molecule has 2 aromatic heterocycles. The van der Waals surface area contributed by atoms with Crippen LogP contribution in [-0.4, -0.2) is 40.1 Å². The zero-order valence-electron chi connectivity index (χ0n) is 18.7. The molecule has 0 radical (unpaired) electrons. The van der Waals surface area contributed by atoms with Crippen LogP contribution in [0, 0.1) is 0 Å². The zero-order valence-corrected chi connectivity index (χ0v) is 19.4.